The second-order valence-corrected chi connectivity index (χ2v) is 4.69. The van der Waals surface area contributed by atoms with Crippen LogP contribution in [0.5, 0.6) is 0 Å². The van der Waals surface area contributed by atoms with Gasteiger partial charge in [0.25, 0.3) is 0 Å². The van der Waals surface area contributed by atoms with E-state index >= 15 is 0 Å². The van der Waals surface area contributed by atoms with Crippen LogP contribution in [-0.4, -0.2) is 18.5 Å². The molecule has 0 aliphatic heterocycles. The Morgan fingerprint density at radius 3 is 2.43 bits per heavy atom. The molecule has 0 unspecified atom stereocenters. The van der Waals surface area contributed by atoms with Crippen molar-refractivity contribution >= 4 is 17.6 Å². The van der Waals surface area contributed by atoms with Crippen molar-refractivity contribution in [1.29, 1.82) is 0 Å². The highest BCUT2D eigenvalue weighted by molar-refractivity contribution is 6.02. The molecule has 116 valence electrons. The number of hydrogen-bond donors (Lipinski definition) is 1. The molecule has 1 N–H and O–H groups in total. The Bertz CT molecular complexity index is 742. The first-order valence-electron chi connectivity index (χ1n) is 7.30. The molecule has 0 saturated carbocycles. The van der Waals surface area contributed by atoms with E-state index in [9.17, 15) is 9.59 Å². The molecule has 2 aromatic rings. The SMILES string of the molecule is CCOC(=O)CC(=O)Nc1ccccc1C#Cc1ccccc1. The molecule has 0 saturated heterocycles. The summed E-state index contributed by atoms with van der Waals surface area (Å²) < 4.78 is 4.76. The summed E-state index contributed by atoms with van der Waals surface area (Å²) in [6.07, 6.45) is -0.311. The van der Waals surface area contributed by atoms with Gasteiger partial charge in [0, 0.05) is 11.1 Å². The Balaban J connectivity index is 2.11. The number of rotatable bonds is 4. The third-order valence-corrected chi connectivity index (χ3v) is 2.93. The number of hydrogen-bond acceptors (Lipinski definition) is 3. The second-order valence-electron chi connectivity index (χ2n) is 4.69. The molecule has 0 bridgehead atoms. The van der Waals surface area contributed by atoms with Crippen LogP contribution in [0.3, 0.4) is 0 Å². The normalized spacial score (nSPS) is 9.43. The monoisotopic (exact) mass is 307 g/mol. The molecular formula is C19H17NO3. The topological polar surface area (TPSA) is 55.4 Å². The van der Waals surface area contributed by atoms with E-state index in [-0.39, 0.29) is 13.0 Å². The minimum absolute atomic E-state index is 0.255. The number of ether oxygens (including phenoxy) is 1. The average molecular weight is 307 g/mol. The molecule has 0 radical (unpaired) electrons. The maximum atomic E-state index is 11.9. The molecule has 0 aliphatic carbocycles. The molecule has 4 nitrogen and oxygen atoms in total. The summed E-state index contributed by atoms with van der Waals surface area (Å²) in [5, 5.41) is 2.69. The zero-order chi connectivity index (χ0) is 16.5. The smallest absolute Gasteiger partial charge is 0.315 e. The summed E-state index contributed by atoms with van der Waals surface area (Å²) in [6.45, 7) is 1.95. The summed E-state index contributed by atoms with van der Waals surface area (Å²) in [7, 11) is 0. The van der Waals surface area contributed by atoms with Gasteiger partial charge in [0.05, 0.1) is 12.3 Å². The predicted octanol–water partition coefficient (Wildman–Crippen LogP) is 2.98. The highest BCUT2D eigenvalue weighted by atomic mass is 16.5. The maximum Gasteiger partial charge on any atom is 0.315 e. The fraction of sp³-hybridized carbons (Fsp3) is 0.158. The molecule has 4 heteroatoms. The molecule has 2 aromatic carbocycles. The second kappa shape index (κ2) is 8.40. The van der Waals surface area contributed by atoms with Gasteiger partial charge in [0.1, 0.15) is 6.42 Å². The molecular weight excluding hydrogens is 290 g/mol. The van der Waals surface area contributed by atoms with Crippen LogP contribution in [0.25, 0.3) is 0 Å². The summed E-state index contributed by atoms with van der Waals surface area (Å²) in [5.41, 5.74) is 2.15. The molecule has 1 amide bonds. The zero-order valence-electron chi connectivity index (χ0n) is 12.8. The van der Waals surface area contributed by atoms with Crippen LogP contribution in [0.2, 0.25) is 0 Å². The first-order valence-corrected chi connectivity index (χ1v) is 7.30. The van der Waals surface area contributed by atoms with E-state index in [0.29, 0.717) is 11.3 Å². The third-order valence-electron chi connectivity index (χ3n) is 2.93. The van der Waals surface area contributed by atoms with Crippen LogP contribution in [0.1, 0.15) is 24.5 Å². The molecule has 0 aliphatic rings. The van der Waals surface area contributed by atoms with Crippen LogP contribution in [0.15, 0.2) is 54.6 Å². The highest BCUT2D eigenvalue weighted by Crippen LogP contribution is 2.14. The quantitative estimate of drug-likeness (QED) is 0.537. The lowest BCUT2D eigenvalue weighted by atomic mass is 10.1. The van der Waals surface area contributed by atoms with E-state index in [1.807, 2.05) is 42.5 Å². The Hall–Kier alpha value is -3.06. The summed E-state index contributed by atoms with van der Waals surface area (Å²) in [6, 6.07) is 16.8. The van der Waals surface area contributed by atoms with Gasteiger partial charge < -0.3 is 10.1 Å². The van der Waals surface area contributed by atoms with Crippen LogP contribution >= 0.6 is 0 Å². The Morgan fingerprint density at radius 1 is 1.00 bits per heavy atom. The lowest BCUT2D eigenvalue weighted by Crippen LogP contribution is -2.18. The third kappa shape index (κ3) is 5.33. The van der Waals surface area contributed by atoms with Crippen molar-refractivity contribution in [2.75, 3.05) is 11.9 Å². The van der Waals surface area contributed by atoms with E-state index in [1.54, 1.807) is 19.1 Å². The summed E-state index contributed by atoms with van der Waals surface area (Å²) >= 11 is 0. The largest absolute Gasteiger partial charge is 0.466 e. The molecule has 0 fully saturated rings. The van der Waals surface area contributed by atoms with Gasteiger partial charge in [-0.2, -0.15) is 0 Å². The number of benzene rings is 2. The molecule has 0 spiro atoms. The first-order chi connectivity index (χ1) is 11.2. The molecule has 2 rings (SSSR count). The predicted molar refractivity (Wildman–Crippen MR) is 88.7 cm³/mol. The van der Waals surface area contributed by atoms with Gasteiger partial charge >= 0.3 is 5.97 Å². The van der Waals surface area contributed by atoms with Crippen molar-refractivity contribution in [3.05, 3.63) is 65.7 Å². The van der Waals surface area contributed by atoms with Crippen LogP contribution < -0.4 is 5.32 Å². The van der Waals surface area contributed by atoms with Gasteiger partial charge in [0.15, 0.2) is 0 Å². The molecule has 0 heterocycles. The van der Waals surface area contributed by atoms with Gasteiger partial charge in [-0.25, -0.2) is 0 Å². The zero-order valence-corrected chi connectivity index (χ0v) is 12.8. The van der Waals surface area contributed by atoms with E-state index < -0.39 is 11.9 Å². The Morgan fingerprint density at radius 2 is 1.70 bits per heavy atom. The van der Waals surface area contributed by atoms with Crippen molar-refractivity contribution in [3.63, 3.8) is 0 Å². The molecule has 0 atom stereocenters. The van der Waals surface area contributed by atoms with Crippen LogP contribution in [0.4, 0.5) is 5.69 Å². The first kappa shape index (κ1) is 16.3. The fourth-order valence-corrected chi connectivity index (χ4v) is 1.90. The summed E-state index contributed by atoms with van der Waals surface area (Å²) in [4.78, 5) is 23.2. The van der Waals surface area contributed by atoms with Gasteiger partial charge in [-0.15, -0.1) is 0 Å². The van der Waals surface area contributed by atoms with Gasteiger partial charge in [-0.05, 0) is 31.2 Å². The van der Waals surface area contributed by atoms with Gasteiger partial charge in [-0.3, -0.25) is 9.59 Å². The Labute approximate surface area is 135 Å². The number of para-hydroxylation sites is 1. The fourth-order valence-electron chi connectivity index (χ4n) is 1.90. The van der Waals surface area contributed by atoms with Gasteiger partial charge in [0.2, 0.25) is 5.91 Å². The van der Waals surface area contributed by atoms with E-state index in [1.165, 1.54) is 0 Å². The standard InChI is InChI=1S/C19H17NO3/c1-2-23-19(22)14-18(21)20-17-11-7-6-10-16(17)13-12-15-8-4-3-5-9-15/h3-11H,2,14H2,1H3,(H,20,21). The van der Waals surface area contributed by atoms with E-state index in [2.05, 4.69) is 17.2 Å². The van der Waals surface area contributed by atoms with Crippen molar-refractivity contribution in [2.45, 2.75) is 13.3 Å². The molecule has 0 aromatic heterocycles. The molecule has 23 heavy (non-hydrogen) atoms. The van der Waals surface area contributed by atoms with E-state index in [0.717, 1.165) is 5.56 Å². The number of esters is 1. The minimum atomic E-state index is -0.544. The van der Waals surface area contributed by atoms with Crippen molar-refractivity contribution in [2.24, 2.45) is 0 Å². The number of anilines is 1. The summed E-state index contributed by atoms with van der Waals surface area (Å²) in [5.74, 6) is 5.11. The Kier molecular flexibility index (Phi) is 5.96. The number of carbonyl (C=O) groups is 2. The van der Waals surface area contributed by atoms with E-state index in [4.69, 9.17) is 4.74 Å². The number of nitrogens with one attached hydrogen (secondary N) is 1. The van der Waals surface area contributed by atoms with Crippen molar-refractivity contribution in [1.82, 2.24) is 0 Å². The maximum absolute atomic E-state index is 11.9. The van der Waals surface area contributed by atoms with Crippen LogP contribution in [0, 0.1) is 11.8 Å². The van der Waals surface area contributed by atoms with Crippen LogP contribution in [-0.2, 0) is 14.3 Å². The minimum Gasteiger partial charge on any atom is -0.466 e. The number of amides is 1. The number of carbonyl (C=O) groups excluding carboxylic acids is 2. The van der Waals surface area contributed by atoms with Crippen molar-refractivity contribution in [3.8, 4) is 11.8 Å². The average Bonchev–Trinajstić information content (AvgIpc) is 2.55. The lowest BCUT2D eigenvalue weighted by Gasteiger charge is -2.07. The lowest BCUT2D eigenvalue weighted by molar-refractivity contribution is -0.145. The highest BCUT2D eigenvalue weighted by Gasteiger charge is 2.11. The van der Waals surface area contributed by atoms with Gasteiger partial charge in [-0.1, -0.05) is 42.2 Å². The van der Waals surface area contributed by atoms with Crippen molar-refractivity contribution < 1.29 is 14.3 Å².